The van der Waals surface area contributed by atoms with Crippen LogP contribution in [-0.2, 0) is 9.53 Å². The maximum atomic E-state index is 12.3. The number of hydrogen-bond acceptors (Lipinski definition) is 4. The van der Waals surface area contributed by atoms with Crippen molar-refractivity contribution in [2.24, 2.45) is 0 Å². The first-order valence-electron chi connectivity index (χ1n) is 6.77. The molecule has 2 rings (SSSR count). The lowest BCUT2D eigenvalue weighted by Crippen LogP contribution is -2.45. The van der Waals surface area contributed by atoms with E-state index in [9.17, 15) is 14.7 Å². The van der Waals surface area contributed by atoms with E-state index in [1.807, 2.05) is 0 Å². The van der Waals surface area contributed by atoms with Crippen LogP contribution in [0.1, 0.15) is 32.4 Å². The van der Waals surface area contributed by atoms with E-state index in [1.54, 1.807) is 32.9 Å². The number of benzene rings is 1. The number of phenols is 1. The van der Waals surface area contributed by atoms with Gasteiger partial charge >= 0.3 is 12.0 Å². The van der Waals surface area contributed by atoms with Crippen LogP contribution in [-0.4, -0.2) is 23.2 Å². The summed E-state index contributed by atoms with van der Waals surface area (Å²) in [5.41, 5.74) is 1.45. The Morgan fingerprint density at radius 1 is 1.41 bits per heavy atom. The fourth-order valence-electron chi connectivity index (χ4n) is 2.19. The second kappa shape index (κ2) is 6.39. The second-order valence-corrected chi connectivity index (χ2v) is 6.09. The van der Waals surface area contributed by atoms with Gasteiger partial charge in [0.1, 0.15) is 5.75 Å². The van der Waals surface area contributed by atoms with Gasteiger partial charge in [0.15, 0.2) is 0 Å². The van der Waals surface area contributed by atoms with Crippen LogP contribution < -0.4 is 10.6 Å². The minimum Gasteiger partial charge on any atom is -0.507 e. The molecule has 6 nitrogen and oxygen atoms in total. The summed E-state index contributed by atoms with van der Waals surface area (Å²) >= 11 is 3.23. The molecule has 0 aliphatic carbocycles. The Bertz CT molecular complexity index is 655. The van der Waals surface area contributed by atoms with Crippen molar-refractivity contribution in [3.05, 3.63) is 39.5 Å². The van der Waals surface area contributed by atoms with Crippen molar-refractivity contribution in [2.75, 3.05) is 0 Å². The Kier molecular flexibility index (Phi) is 4.75. The molecule has 1 heterocycles. The van der Waals surface area contributed by atoms with Gasteiger partial charge in [0, 0.05) is 5.70 Å². The number of hydrogen-bond donors (Lipinski definition) is 3. The van der Waals surface area contributed by atoms with Crippen LogP contribution in [0.4, 0.5) is 4.79 Å². The van der Waals surface area contributed by atoms with Crippen molar-refractivity contribution in [3.63, 3.8) is 0 Å². The van der Waals surface area contributed by atoms with Gasteiger partial charge in [-0.3, -0.25) is 0 Å². The zero-order valence-corrected chi connectivity index (χ0v) is 14.0. The van der Waals surface area contributed by atoms with Gasteiger partial charge in [-0.1, -0.05) is 6.07 Å². The smallest absolute Gasteiger partial charge is 0.338 e. The lowest BCUT2D eigenvalue weighted by molar-refractivity contribution is -0.143. The van der Waals surface area contributed by atoms with Crippen molar-refractivity contribution in [1.29, 1.82) is 0 Å². The fraction of sp³-hybridized carbons (Fsp3) is 0.333. The first kappa shape index (κ1) is 16.4. The number of esters is 1. The van der Waals surface area contributed by atoms with Gasteiger partial charge in [-0.05, 0) is 54.4 Å². The molecule has 0 saturated heterocycles. The van der Waals surface area contributed by atoms with Crippen LogP contribution in [0.15, 0.2) is 33.9 Å². The van der Waals surface area contributed by atoms with Crippen LogP contribution in [0.3, 0.4) is 0 Å². The van der Waals surface area contributed by atoms with E-state index in [2.05, 4.69) is 26.6 Å². The molecule has 0 spiro atoms. The van der Waals surface area contributed by atoms with E-state index in [1.165, 1.54) is 6.07 Å². The van der Waals surface area contributed by atoms with E-state index in [-0.39, 0.29) is 11.9 Å². The maximum Gasteiger partial charge on any atom is 0.338 e. The monoisotopic (exact) mass is 368 g/mol. The SMILES string of the molecule is CC1=C(C(=O)OC(C)C)C(c2ccc(O)c(Br)c2)NC(=O)N1. The van der Waals surface area contributed by atoms with Crippen molar-refractivity contribution in [1.82, 2.24) is 10.6 Å². The van der Waals surface area contributed by atoms with Crippen molar-refractivity contribution in [2.45, 2.75) is 32.9 Å². The summed E-state index contributed by atoms with van der Waals surface area (Å²) in [4.78, 5) is 24.1. The highest BCUT2D eigenvalue weighted by atomic mass is 79.9. The lowest BCUT2D eigenvalue weighted by Gasteiger charge is -2.28. The second-order valence-electron chi connectivity index (χ2n) is 5.24. The van der Waals surface area contributed by atoms with Gasteiger partial charge in [0.2, 0.25) is 0 Å². The van der Waals surface area contributed by atoms with Crippen LogP contribution in [0.2, 0.25) is 0 Å². The molecule has 0 radical (unpaired) electrons. The maximum absolute atomic E-state index is 12.3. The zero-order chi connectivity index (χ0) is 16.4. The predicted molar refractivity (Wildman–Crippen MR) is 84.1 cm³/mol. The average molecular weight is 369 g/mol. The van der Waals surface area contributed by atoms with E-state index < -0.39 is 18.0 Å². The Morgan fingerprint density at radius 3 is 2.68 bits per heavy atom. The largest absolute Gasteiger partial charge is 0.507 e. The minimum absolute atomic E-state index is 0.0796. The van der Waals surface area contributed by atoms with Crippen LogP contribution in [0.5, 0.6) is 5.75 Å². The fourth-order valence-corrected chi connectivity index (χ4v) is 2.59. The van der Waals surface area contributed by atoms with Gasteiger partial charge in [-0.2, -0.15) is 0 Å². The Labute approximate surface area is 136 Å². The lowest BCUT2D eigenvalue weighted by atomic mass is 9.95. The molecule has 1 aliphatic heterocycles. The van der Waals surface area contributed by atoms with E-state index in [0.29, 0.717) is 21.3 Å². The summed E-state index contributed by atoms with van der Waals surface area (Å²) < 4.78 is 5.73. The molecule has 0 saturated carbocycles. The van der Waals surface area contributed by atoms with E-state index in [0.717, 1.165) is 0 Å². The number of phenolic OH excluding ortho intramolecular Hbond substituents is 1. The normalized spacial score (nSPS) is 18.0. The summed E-state index contributed by atoms with van der Waals surface area (Å²) in [6, 6.07) is 3.76. The number of ether oxygens (including phenoxy) is 1. The average Bonchev–Trinajstić information content (AvgIpc) is 2.39. The quantitative estimate of drug-likeness (QED) is 0.715. The van der Waals surface area contributed by atoms with Crippen molar-refractivity contribution in [3.8, 4) is 5.75 Å². The third-order valence-electron chi connectivity index (χ3n) is 3.14. The molecule has 3 N–H and O–H groups in total. The molecule has 0 aromatic heterocycles. The molecule has 0 bridgehead atoms. The number of amides is 2. The Balaban J connectivity index is 2.45. The number of carbonyl (C=O) groups is 2. The Morgan fingerprint density at radius 2 is 2.09 bits per heavy atom. The molecule has 1 unspecified atom stereocenters. The van der Waals surface area contributed by atoms with Crippen LogP contribution in [0.25, 0.3) is 0 Å². The topological polar surface area (TPSA) is 87.7 Å². The molecule has 0 fully saturated rings. The van der Waals surface area contributed by atoms with Crippen LogP contribution in [0, 0.1) is 0 Å². The first-order valence-corrected chi connectivity index (χ1v) is 7.56. The van der Waals surface area contributed by atoms with Crippen molar-refractivity contribution < 1.29 is 19.4 Å². The third-order valence-corrected chi connectivity index (χ3v) is 3.77. The van der Waals surface area contributed by atoms with Gasteiger partial charge in [-0.25, -0.2) is 9.59 Å². The number of allylic oxidation sites excluding steroid dienone is 1. The summed E-state index contributed by atoms with van der Waals surface area (Å²) in [5, 5.41) is 14.9. The van der Waals surface area contributed by atoms with Crippen LogP contribution >= 0.6 is 15.9 Å². The third kappa shape index (κ3) is 3.41. The number of nitrogens with one attached hydrogen (secondary N) is 2. The van der Waals surface area contributed by atoms with E-state index >= 15 is 0 Å². The summed E-state index contributed by atoms with van der Waals surface area (Å²) in [6.45, 7) is 5.17. The first-order chi connectivity index (χ1) is 10.3. The molecule has 1 atom stereocenters. The minimum atomic E-state index is -0.642. The number of aromatic hydroxyl groups is 1. The van der Waals surface area contributed by atoms with Gasteiger partial charge in [-0.15, -0.1) is 0 Å². The number of carbonyl (C=O) groups excluding carboxylic acids is 2. The molecular weight excluding hydrogens is 352 g/mol. The van der Waals surface area contributed by atoms with E-state index in [4.69, 9.17) is 4.74 Å². The summed E-state index contributed by atoms with van der Waals surface area (Å²) in [6.07, 6.45) is -0.266. The predicted octanol–water partition coefficient (Wildman–Crippen LogP) is 2.73. The molecule has 7 heteroatoms. The van der Waals surface area contributed by atoms with Crippen molar-refractivity contribution >= 4 is 27.9 Å². The number of rotatable bonds is 3. The summed E-state index contributed by atoms with van der Waals surface area (Å²) in [7, 11) is 0. The zero-order valence-electron chi connectivity index (χ0n) is 12.4. The summed E-state index contributed by atoms with van der Waals surface area (Å²) in [5.74, 6) is -0.412. The highest BCUT2D eigenvalue weighted by molar-refractivity contribution is 9.10. The molecule has 1 aromatic carbocycles. The molecule has 22 heavy (non-hydrogen) atoms. The number of urea groups is 1. The number of halogens is 1. The Hall–Kier alpha value is -2.02. The highest BCUT2D eigenvalue weighted by Gasteiger charge is 2.32. The van der Waals surface area contributed by atoms with Gasteiger partial charge < -0.3 is 20.5 Å². The highest BCUT2D eigenvalue weighted by Crippen LogP contribution is 2.32. The van der Waals surface area contributed by atoms with Gasteiger partial charge in [0.05, 0.1) is 22.2 Å². The molecular formula is C15H17BrN2O4. The molecule has 118 valence electrons. The standard InChI is InChI=1S/C15H17BrN2O4/c1-7(2)22-14(20)12-8(3)17-15(21)18-13(12)9-4-5-11(19)10(16)6-9/h4-7,13,19H,1-3H3,(H2,17,18,21). The van der Waals surface area contributed by atoms with Gasteiger partial charge in [0.25, 0.3) is 0 Å². The molecule has 1 aliphatic rings. The molecule has 1 aromatic rings. The molecule has 2 amide bonds.